The van der Waals surface area contributed by atoms with E-state index in [2.05, 4.69) is 0 Å². The maximum atomic E-state index is 10.2. The molecule has 0 bridgehead atoms. The van der Waals surface area contributed by atoms with Gasteiger partial charge in [-0.05, 0) is 17.2 Å². The van der Waals surface area contributed by atoms with Crippen LogP contribution in [0.5, 0.6) is 5.75 Å². The molecule has 2 unspecified atom stereocenters. The highest BCUT2D eigenvalue weighted by atomic mass is 16.4. The number of para-hydroxylation sites is 1. The number of phenolic OH excluding ortho intramolecular Hbond substituents is 1. The average molecular weight is 351 g/mol. The Morgan fingerprint density at radius 3 is 1.73 bits per heavy atom. The number of hydrogen-bond donors (Lipinski definition) is 4. The Balaban J connectivity index is 0.000000197. The Morgan fingerprint density at radius 2 is 1.23 bits per heavy atom. The third-order valence-electron chi connectivity index (χ3n) is 3.78. The average Bonchev–Trinajstić information content (AvgIpc) is 2.69. The number of aliphatic carboxylic acids is 1. The van der Waals surface area contributed by atoms with Gasteiger partial charge < -0.3 is 21.1 Å². The van der Waals surface area contributed by atoms with Gasteiger partial charge in [-0.15, -0.1) is 0 Å². The Bertz CT molecular complexity index is 822. The molecule has 3 rings (SSSR count). The lowest BCUT2D eigenvalue weighted by molar-refractivity contribution is -0.146. The first-order valence-electron chi connectivity index (χ1n) is 8.05. The van der Waals surface area contributed by atoms with Crippen molar-refractivity contribution in [3.8, 4) is 5.75 Å². The van der Waals surface area contributed by atoms with Crippen LogP contribution in [0.15, 0.2) is 84.9 Å². The van der Waals surface area contributed by atoms with Gasteiger partial charge in [0, 0.05) is 5.56 Å². The number of carbonyl (C=O) groups is 1. The predicted molar refractivity (Wildman–Crippen MR) is 99.6 cm³/mol. The van der Waals surface area contributed by atoms with Gasteiger partial charge in [-0.2, -0.15) is 0 Å². The first-order chi connectivity index (χ1) is 12.5. The predicted octanol–water partition coefficient (Wildman–Crippen LogP) is 3.24. The number of aliphatic hydroxyl groups excluding tert-OH is 1. The zero-order valence-corrected chi connectivity index (χ0v) is 14.1. The van der Waals surface area contributed by atoms with Crippen molar-refractivity contribution in [2.24, 2.45) is 5.73 Å². The van der Waals surface area contributed by atoms with Crippen molar-refractivity contribution in [2.45, 2.75) is 12.1 Å². The summed E-state index contributed by atoms with van der Waals surface area (Å²) in [6.07, 6.45) is -1.41. The third-order valence-corrected chi connectivity index (χ3v) is 3.78. The fraction of sp³-hybridized carbons (Fsp3) is 0.0952. The number of phenols is 1. The van der Waals surface area contributed by atoms with E-state index in [9.17, 15) is 9.90 Å². The van der Waals surface area contributed by atoms with E-state index in [1.807, 2.05) is 42.5 Å². The van der Waals surface area contributed by atoms with Crippen LogP contribution in [0.2, 0.25) is 0 Å². The van der Waals surface area contributed by atoms with E-state index in [-0.39, 0.29) is 11.8 Å². The molecule has 0 heterocycles. The Hall–Kier alpha value is -3.15. The highest BCUT2D eigenvalue weighted by Crippen LogP contribution is 2.26. The molecule has 3 aromatic rings. The highest BCUT2D eigenvalue weighted by molar-refractivity contribution is 5.73. The summed E-state index contributed by atoms with van der Waals surface area (Å²) in [4.78, 5) is 10.2. The minimum Gasteiger partial charge on any atom is -0.508 e. The van der Waals surface area contributed by atoms with Crippen molar-refractivity contribution in [3.63, 3.8) is 0 Å². The lowest BCUT2D eigenvalue weighted by Crippen LogP contribution is -2.11. The Kier molecular flexibility index (Phi) is 6.91. The maximum Gasteiger partial charge on any atom is 0.337 e. The van der Waals surface area contributed by atoms with Crippen molar-refractivity contribution in [1.29, 1.82) is 0 Å². The third kappa shape index (κ3) is 5.17. The first kappa shape index (κ1) is 19.2. The van der Waals surface area contributed by atoms with E-state index in [4.69, 9.17) is 15.9 Å². The van der Waals surface area contributed by atoms with Gasteiger partial charge >= 0.3 is 5.97 Å². The molecule has 5 nitrogen and oxygen atoms in total. The van der Waals surface area contributed by atoms with Crippen LogP contribution in [0.3, 0.4) is 0 Å². The number of aliphatic hydroxyl groups is 1. The van der Waals surface area contributed by atoms with E-state index in [1.165, 1.54) is 0 Å². The highest BCUT2D eigenvalue weighted by Gasteiger charge is 2.14. The van der Waals surface area contributed by atoms with Crippen LogP contribution in [0.25, 0.3) is 0 Å². The topological polar surface area (TPSA) is 104 Å². The Morgan fingerprint density at radius 1 is 0.769 bits per heavy atom. The summed E-state index contributed by atoms with van der Waals surface area (Å²) >= 11 is 0. The lowest BCUT2D eigenvalue weighted by atomic mass is 9.99. The summed E-state index contributed by atoms with van der Waals surface area (Å²) in [5.41, 5.74) is 8.21. The van der Waals surface area contributed by atoms with Gasteiger partial charge in [-0.1, -0.05) is 78.9 Å². The van der Waals surface area contributed by atoms with Crippen LogP contribution in [0.4, 0.5) is 0 Å². The summed E-state index contributed by atoms with van der Waals surface area (Å²) < 4.78 is 0. The summed E-state index contributed by atoms with van der Waals surface area (Å²) in [6, 6.07) is 24.9. The van der Waals surface area contributed by atoms with Gasteiger partial charge in [-0.25, -0.2) is 4.79 Å². The van der Waals surface area contributed by atoms with Crippen molar-refractivity contribution in [2.75, 3.05) is 0 Å². The lowest BCUT2D eigenvalue weighted by Gasteiger charge is -2.13. The van der Waals surface area contributed by atoms with Crippen LogP contribution in [0, 0.1) is 0 Å². The summed E-state index contributed by atoms with van der Waals surface area (Å²) in [6.45, 7) is 0. The quantitative estimate of drug-likeness (QED) is 0.578. The molecular formula is C21H21NO4. The standard InChI is InChI=1S/C13H13NO.C8H8O3/c14-13(10-6-2-1-3-7-10)11-8-4-5-9-12(11)15;9-7(8(10)11)6-4-2-1-3-5-6/h1-9,13,15H,14H2;1-5,7,9H,(H,10,11). The summed E-state index contributed by atoms with van der Waals surface area (Å²) in [7, 11) is 0. The van der Waals surface area contributed by atoms with Crippen molar-refractivity contribution in [1.82, 2.24) is 0 Å². The van der Waals surface area contributed by atoms with Crippen LogP contribution in [0.1, 0.15) is 28.8 Å². The number of nitrogens with two attached hydrogens (primary N) is 1. The Labute approximate surface area is 152 Å². The van der Waals surface area contributed by atoms with Crippen molar-refractivity contribution in [3.05, 3.63) is 102 Å². The maximum absolute atomic E-state index is 10.2. The molecule has 0 aliphatic heterocycles. The van der Waals surface area contributed by atoms with Gasteiger partial charge in [0.25, 0.3) is 0 Å². The van der Waals surface area contributed by atoms with Gasteiger partial charge in [0.15, 0.2) is 6.10 Å². The minimum absolute atomic E-state index is 0.244. The molecule has 5 heteroatoms. The van der Waals surface area contributed by atoms with Crippen LogP contribution < -0.4 is 5.73 Å². The second kappa shape index (κ2) is 9.36. The SMILES string of the molecule is NC(c1ccccc1)c1ccccc1O.O=C(O)C(O)c1ccccc1. The van der Waals surface area contributed by atoms with E-state index >= 15 is 0 Å². The summed E-state index contributed by atoms with van der Waals surface area (Å²) in [5.74, 6) is -0.981. The molecule has 26 heavy (non-hydrogen) atoms. The number of rotatable bonds is 4. The molecule has 2 atom stereocenters. The molecule has 0 aliphatic carbocycles. The van der Waals surface area contributed by atoms with Gasteiger partial charge in [0.2, 0.25) is 0 Å². The number of benzene rings is 3. The molecule has 0 fully saturated rings. The first-order valence-corrected chi connectivity index (χ1v) is 8.05. The molecule has 0 aliphatic rings. The van der Waals surface area contributed by atoms with Crippen LogP contribution in [-0.4, -0.2) is 21.3 Å². The second-order valence-electron chi connectivity index (χ2n) is 5.60. The van der Waals surface area contributed by atoms with E-state index in [0.29, 0.717) is 5.56 Å². The normalized spacial score (nSPS) is 12.4. The zero-order valence-electron chi connectivity index (χ0n) is 14.1. The smallest absolute Gasteiger partial charge is 0.337 e. The summed E-state index contributed by atoms with van der Waals surface area (Å²) in [5, 5.41) is 27.0. The molecule has 0 aromatic heterocycles. The zero-order chi connectivity index (χ0) is 18.9. The van der Waals surface area contributed by atoms with Gasteiger partial charge in [-0.3, -0.25) is 0 Å². The fourth-order valence-corrected chi connectivity index (χ4v) is 2.37. The number of carboxylic acid groups (broad SMARTS) is 1. The van der Waals surface area contributed by atoms with Crippen LogP contribution >= 0.6 is 0 Å². The van der Waals surface area contributed by atoms with Gasteiger partial charge in [0.05, 0.1) is 6.04 Å². The molecule has 0 spiro atoms. The minimum atomic E-state index is -1.41. The largest absolute Gasteiger partial charge is 0.508 e. The number of carboxylic acids is 1. The fourth-order valence-electron chi connectivity index (χ4n) is 2.37. The van der Waals surface area contributed by atoms with Gasteiger partial charge in [0.1, 0.15) is 5.75 Å². The van der Waals surface area contributed by atoms with Crippen molar-refractivity contribution >= 4 is 5.97 Å². The number of hydrogen-bond acceptors (Lipinski definition) is 4. The molecule has 3 aromatic carbocycles. The molecule has 0 saturated heterocycles. The monoisotopic (exact) mass is 351 g/mol. The molecule has 134 valence electrons. The van der Waals surface area contributed by atoms with Crippen molar-refractivity contribution < 1.29 is 20.1 Å². The van der Waals surface area contributed by atoms with Crippen LogP contribution in [-0.2, 0) is 4.79 Å². The molecule has 0 saturated carbocycles. The molecule has 5 N–H and O–H groups in total. The van der Waals surface area contributed by atoms with E-state index < -0.39 is 12.1 Å². The second-order valence-corrected chi connectivity index (χ2v) is 5.60. The van der Waals surface area contributed by atoms with E-state index in [1.54, 1.807) is 42.5 Å². The molecule has 0 amide bonds. The van der Waals surface area contributed by atoms with E-state index in [0.717, 1.165) is 11.1 Å². The molecular weight excluding hydrogens is 330 g/mol. The number of aromatic hydroxyl groups is 1. The molecule has 0 radical (unpaired) electrons.